The highest BCUT2D eigenvalue weighted by molar-refractivity contribution is 5.96. The molecule has 3 aliphatic rings. The molecule has 71 heavy (non-hydrogen) atoms. The number of hydrogen-bond donors (Lipinski definition) is 2. The van der Waals surface area contributed by atoms with Crippen molar-refractivity contribution in [2.45, 2.75) is 37.4 Å². The highest BCUT2D eigenvalue weighted by atomic mass is 15.2. The summed E-state index contributed by atoms with van der Waals surface area (Å²) in [6.07, 6.45) is 1.97. The van der Waals surface area contributed by atoms with Crippen LogP contribution in [0.25, 0.3) is 50.2 Å². The SMILES string of the molecule is CC1=C(c2ccc(-c3ccccc3)cc2)NC(c2ccc(-c3ccccc3)cc2)[NH2+]C(c2cccc(-c3ccc4c(c3)C3(c5ccccc5-4)c4ccccc4N(c4ccccc4)c4ccccc43)c2)CC1. The molecule has 2 heterocycles. The summed E-state index contributed by atoms with van der Waals surface area (Å²) >= 11 is 0. The standard InChI is InChI=1S/C68H53N3/c1-46-32-43-63(69-67(52-39-35-50(36-40-52)48-20-7-3-8-21-48)70-66(46)51-37-33-49(34-38-51)47-18-5-2-6-19-47)55-23-17-22-53(44-55)54-41-42-58-57-26-11-12-27-59(57)68(62(58)45-54)60-28-13-15-30-64(60)71(56-24-9-4-10-25-56)65-31-16-14-29-61(65)68/h2-31,33-42,44-45,63,67,69-70H,32,43H2,1H3/p+1. The molecule has 3 N–H and O–H groups in total. The van der Waals surface area contributed by atoms with E-state index >= 15 is 0 Å². The number of allylic oxidation sites excluding steroid dienone is 1. The Labute approximate surface area is 417 Å². The Bertz CT molecular complexity index is 3550. The Morgan fingerprint density at radius 3 is 1.56 bits per heavy atom. The van der Waals surface area contributed by atoms with Gasteiger partial charge in [-0.1, -0.05) is 218 Å². The van der Waals surface area contributed by atoms with Crippen molar-refractivity contribution in [3.8, 4) is 44.5 Å². The van der Waals surface area contributed by atoms with E-state index in [0.29, 0.717) is 0 Å². The van der Waals surface area contributed by atoms with E-state index in [1.54, 1.807) is 0 Å². The zero-order chi connectivity index (χ0) is 47.3. The van der Waals surface area contributed by atoms with Crippen LogP contribution in [-0.2, 0) is 5.41 Å². The number of para-hydroxylation sites is 3. The molecule has 0 saturated carbocycles. The third-order valence-electron chi connectivity index (χ3n) is 15.4. The van der Waals surface area contributed by atoms with Gasteiger partial charge in [0.25, 0.3) is 0 Å². The summed E-state index contributed by atoms with van der Waals surface area (Å²) < 4.78 is 0. The molecule has 0 aromatic heterocycles. The van der Waals surface area contributed by atoms with Crippen LogP contribution in [0.4, 0.5) is 17.1 Å². The molecule has 10 aromatic carbocycles. The average Bonchev–Trinajstić information content (AvgIpc) is 3.73. The summed E-state index contributed by atoms with van der Waals surface area (Å²) in [6, 6.07) is 94.6. The van der Waals surface area contributed by atoms with Gasteiger partial charge in [0, 0.05) is 28.9 Å². The highest BCUT2D eigenvalue weighted by Gasteiger charge is 2.51. The van der Waals surface area contributed by atoms with E-state index in [9.17, 15) is 0 Å². The van der Waals surface area contributed by atoms with E-state index in [-0.39, 0.29) is 12.2 Å². The molecule has 2 unspecified atom stereocenters. The number of anilines is 3. The van der Waals surface area contributed by atoms with Crippen LogP contribution in [0.3, 0.4) is 0 Å². The number of nitrogens with zero attached hydrogens (tertiary/aromatic N) is 1. The first-order valence-electron chi connectivity index (χ1n) is 25.1. The van der Waals surface area contributed by atoms with E-state index in [2.05, 4.69) is 277 Å². The lowest BCUT2D eigenvalue weighted by molar-refractivity contribution is -0.738. The fraction of sp³-hybridized carbons (Fsp3) is 0.0882. The van der Waals surface area contributed by atoms with Gasteiger partial charge in [0.15, 0.2) is 6.17 Å². The molecule has 0 saturated heterocycles. The van der Waals surface area contributed by atoms with Crippen LogP contribution >= 0.6 is 0 Å². The summed E-state index contributed by atoms with van der Waals surface area (Å²) in [7, 11) is 0. The largest absolute Gasteiger partial charge is 0.332 e. The average molecular weight is 913 g/mol. The number of rotatable bonds is 7. The van der Waals surface area contributed by atoms with Crippen LogP contribution < -0.4 is 15.5 Å². The maximum atomic E-state index is 4.12. The van der Waals surface area contributed by atoms with Gasteiger partial charge < -0.3 is 15.5 Å². The monoisotopic (exact) mass is 912 g/mol. The van der Waals surface area contributed by atoms with Gasteiger partial charge in [-0.25, -0.2) is 0 Å². The number of fused-ring (bicyclic) bond motifs is 9. The van der Waals surface area contributed by atoms with Crippen molar-refractivity contribution in [3.63, 3.8) is 0 Å². The molecule has 10 aromatic rings. The Kier molecular flexibility index (Phi) is 10.7. The molecule has 0 bridgehead atoms. The first kappa shape index (κ1) is 42.6. The minimum atomic E-state index is -0.510. The molecule has 13 rings (SSSR count). The fourth-order valence-corrected chi connectivity index (χ4v) is 12.0. The van der Waals surface area contributed by atoms with Crippen molar-refractivity contribution in [2.24, 2.45) is 0 Å². The first-order valence-corrected chi connectivity index (χ1v) is 25.1. The first-order chi connectivity index (χ1) is 35.1. The number of hydrogen-bond acceptors (Lipinski definition) is 2. The number of nitrogens with two attached hydrogens (primary N) is 1. The maximum absolute atomic E-state index is 4.12. The summed E-state index contributed by atoms with van der Waals surface area (Å²) in [5.74, 6) is 0. The van der Waals surface area contributed by atoms with Gasteiger partial charge in [0.1, 0.15) is 6.04 Å². The smallest absolute Gasteiger partial charge is 0.186 e. The molecular formula is C68H54N3+. The molecular weight excluding hydrogens is 859 g/mol. The molecule has 3 heteroatoms. The van der Waals surface area contributed by atoms with E-state index in [0.717, 1.165) is 18.5 Å². The second-order valence-corrected chi connectivity index (χ2v) is 19.4. The molecule has 340 valence electrons. The van der Waals surface area contributed by atoms with Crippen molar-refractivity contribution in [3.05, 3.63) is 299 Å². The predicted molar refractivity (Wildman–Crippen MR) is 294 cm³/mol. The van der Waals surface area contributed by atoms with Crippen LogP contribution in [0.1, 0.15) is 70.9 Å². The minimum Gasteiger partial charge on any atom is -0.332 e. The summed E-state index contributed by atoms with van der Waals surface area (Å²) in [5, 5.41) is 6.70. The molecule has 2 aliphatic heterocycles. The Balaban J connectivity index is 0.896. The van der Waals surface area contributed by atoms with E-state index < -0.39 is 5.41 Å². The fourth-order valence-electron chi connectivity index (χ4n) is 12.0. The van der Waals surface area contributed by atoms with Crippen molar-refractivity contribution >= 4 is 22.8 Å². The van der Waals surface area contributed by atoms with Gasteiger partial charge in [-0.3, -0.25) is 0 Å². The highest BCUT2D eigenvalue weighted by Crippen LogP contribution is 2.63. The molecule has 0 amide bonds. The van der Waals surface area contributed by atoms with Crippen LogP contribution in [0.15, 0.2) is 260 Å². The minimum absolute atomic E-state index is 0.0206. The van der Waals surface area contributed by atoms with Gasteiger partial charge in [-0.2, -0.15) is 0 Å². The lowest BCUT2D eigenvalue weighted by Gasteiger charge is -2.45. The van der Waals surface area contributed by atoms with Crippen molar-refractivity contribution < 1.29 is 5.32 Å². The third-order valence-corrected chi connectivity index (χ3v) is 15.4. The number of nitrogens with one attached hydrogen (secondary N) is 1. The van der Waals surface area contributed by atoms with E-state index in [1.165, 1.54) is 106 Å². The molecule has 1 spiro atoms. The summed E-state index contributed by atoms with van der Waals surface area (Å²) in [5.41, 5.74) is 24.7. The molecule has 0 radical (unpaired) electrons. The Morgan fingerprint density at radius 2 is 0.901 bits per heavy atom. The summed E-state index contributed by atoms with van der Waals surface area (Å²) in [6.45, 7) is 2.32. The summed E-state index contributed by atoms with van der Waals surface area (Å²) in [4.78, 5) is 2.45. The van der Waals surface area contributed by atoms with Gasteiger partial charge in [0.2, 0.25) is 0 Å². The van der Waals surface area contributed by atoms with Gasteiger partial charge in [0.05, 0.1) is 16.8 Å². The van der Waals surface area contributed by atoms with Gasteiger partial charge in [-0.15, -0.1) is 0 Å². The molecule has 0 fully saturated rings. The van der Waals surface area contributed by atoms with E-state index in [1.807, 2.05) is 0 Å². The Hall–Kier alpha value is -8.50. The molecule has 3 nitrogen and oxygen atoms in total. The van der Waals surface area contributed by atoms with Crippen LogP contribution in [0, 0.1) is 0 Å². The molecule has 1 aliphatic carbocycles. The number of benzene rings is 10. The van der Waals surface area contributed by atoms with Gasteiger partial charge in [-0.05, 0) is 128 Å². The van der Waals surface area contributed by atoms with Crippen LogP contribution in [-0.4, -0.2) is 0 Å². The van der Waals surface area contributed by atoms with Gasteiger partial charge >= 0.3 is 0 Å². The normalized spacial score (nSPS) is 16.5. The second kappa shape index (κ2) is 17.8. The lowest BCUT2D eigenvalue weighted by atomic mass is 9.64. The van der Waals surface area contributed by atoms with Crippen molar-refractivity contribution in [1.29, 1.82) is 0 Å². The third kappa shape index (κ3) is 7.32. The lowest BCUT2D eigenvalue weighted by Crippen LogP contribution is -2.89. The Morgan fingerprint density at radius 1 is 0.408 bits per heavy atom. The zero-order valence-corrected chi connectivity index (χ0v) is 39.8. The maximum Gasteiger partial charge on any atom is 0.186 e. The van der Waals surface area contributed by atoms with Crippen LogP contribution in [0.2, 0.25) is 0 Å². The predicted octanol–water partition coefficient (Wildman–Crippen LogP) is 16.0. The zero-order valence-electron chi connectivity index (χ0n) is 39.8. The number of quaternary nitrogens is 1. The second-order valence-electron chi connectivity index (χ2n) is 19.4. The van der Waals surface area contributed by atoms with Crippen LogP contribution in [0.5, 0.6) is 0 Å². The van der Waals surface area contributed by atoms with Crippen molar-refractivity contribution in [2.75, 3.05) is 4.90 Å². The topological polar surface area (TPSA) is 31.9 Å². The van der Waals surface area contributed by atoms with Crippen molar-refractivity contribution in [1.82, 2.24) is 5.32 Å². The quantitative estimate of drug-likeness (QED) is 0.167. The molecule has 2 atom stereocenters. The van der Waals surface area contributed by atoms with E-state index in [4.69, 9.17) is 0 Å².